The van der Waals surface area contributed by atoms with Gasteiger partial charge < -0.3 is 4.74 Å². The Bertz CT molecular complexity index is 353. The van der Waals surface area contributed by atoms with Gasteiger partial charge in [0.15, 0.2) is 0 Å². The largest absolute Gasteiger partial charge is 0.381 e. The molecule has 0 spiro atoms. The molecule has 0 amide bonds. The molecule has 1 aliphatic heterocycles. The molecular formula is C13H19ClN2O. The lowest BCUT2D eigenvalue weighted by Gasteiger charge is -2.26. The highest BCUT2D eigenvalue weighted by Gasteiger charge is 2.19. The molecule has 0 aliphatic carbocycles. The molecule has 17 heavy (non-hydrogen) atoms. The molecule has 0 radical (unpaired) electrons. The summed E-state index contributed by atoms with van der Waals surface area (Å²) >= 11 is 6.00. The molecule has 1 aromatic rings. The van der Waals surface area contributed by atoms with Crippen LogP contribution in [-0.4, -0.2) is 13.2 Å². The maximum atomic E-state index is 6.00. The van der Waals surface area contributed by atoms with E-state index >= 15 is 0 Å². The Kier molecular flexibility index (Phi) is 4.80. The lowest BCUT2D eigenvalue weighted by molar-refractivity contribution is 0.0605. The average Bonchev–Trinajstić information content (AvgIpc) is 2.37. The van der Waals surface area contributed by atoms with E-state index in [2.05, 4.69) is 11.5 Å². The molecule has 1 aromatic carbocycles. The fourth-order valence-electron chi connectivity index (χ4n) is 2.34. The van der Waals surface area contributed by atoms with Gasteiger partial charge in [-0.2, -0.15) is 0 Å². The van der Waals surface area contributed by atoms with Crippen LogP contribution < -0.4 is 11.3 Å². The fourth-order valence-corrected chi connectivity index (χ4v) is 2.54. The molecule has 0 saturated carbocycles. The molecule has 2 rings (SSSR count). The summed E-state index contributed by atoms with van der Waals surface area (Å²) in [6.45, 7) is 1.75. The zero-order valence-corrected chi connectivity index (χ0v) is 10.6. The molecule has 1 saturated heterocycles. The first-order chi connectivity index (χ1) is 8.29. The van der Waals surface area contributed by atoms with Gasteiger partial charge in [-0.25, -0.2) is 0 Å². The summed E-state index contributed by atoms with van der Waals surface area (Å²) < 4.78 is 5.37. The van der Waals surface area contributed by atoms with Gasteiger partial charge in [0.25, 0.3) is 0 Å². The SMILES string of the molecule is NNC(CC1CCOCC1)c1cccc(Cl)c1. The van der Waals surface area contributed by atoms with E-state index in [-0.39, 0.29) is 6.04 Å². The van der Waals surface area contributed by atoms with Gasteiger partial charge in [0.2, 0.25) is 0 Å². The van der Waals surface area contributed by atoms with Crippen LogP contribution in [0.4, 0.5) is 0 Å². The van der Waals surface area contributed by atoms with Crippen LogP contribution in [0.15, 0.2) is 24.3 Å². The van der Waals surface area contributed by atoms with Gasteiger partial charge in [0, 0.05) is 24.3 Å². The first-order valence-electron chi connectivity index (χ1n) is 6.09. The second-order valence-corrected chi connectivity index (χ2v) is 5.00. The van der Waals surface area contributed by atoms with Crippen LogP contribution >= 0.6 is 11.6 Å². The number of ether oxygens (including phenoxy) is 1. The lowest BCUT2D eigenvalue weighted by Crippen LogP contribution is -2.31. The zero-order chi connectivity index (χ0) is 12.1. The van der Waals surface area contributed by atoms with Gasteiger partial charge in [-0.05, 0) is 42.9 Å². The first kappa shape index (κ1) is 12.8. The van der Waals surface area contributed by atoms with Crippen molar-refractivity contribution in [1.82, 2.24) is 5.43 Å². The molecule has 94 valence electrons. The summed E-state index contributed by atoms with van der Waals surface area (Å²) in [4.78, 5) is 0. The van der Waals surface area contributed by atoms with Crippen LogP contribution in [0, 0.1) is 5.92 Å². The van der Waals surface area contributed by atoms with Gasteiger partial charge in [0.1, 0.15) is 0 Å². The molecule has 1 atom stereocenters. The van der Waals surface area contributed by atoms with Gasteiger partial charge >= 0.3 is 0 Å². The number of hydrogen-bond acceptors (Lipinski definition) is 3. The summed E-state index contributed by atoms with van der Waals surface area (Å²) in [5.74, 6) is 6.33. The second kappa shape index (κ2) is 6.36. The Morgan fingerprint density at radius 3 is 2.82 bits per heavy atom. The van der Waals surface area contributed by atoms with Crippen LogP contribution in [0.25, 0.3) is 0 Å². The number of hydrazine groups is 1. The highest BCUT2D eigenvalue weighted by Crippen LogP contribution is 2.28. The summed E-state index contributed by atoms with van der Waals surface area (Å²) in [7, 11) is 0. The second-order valence-electron chi connectivity index (χ2n) is 4.57. The highest BCUT2D eigenvalue weighted by molar-refractivity contribution is 6.30. The minimum absolute atomic E-state index is 0.178. The van der Waals surface area contributed by atoms with Crippen LogP contribution in [0.1, 0.15) is 30.9 Å². The molecule has 1 aliphatic rings. The van der Waals surface area contributed by atoms with E-state index in [1.807, 2.05) is 18.2 Å². The van der Waals surface area contributed by atoms with Gasteiger partial charge in [0.05, 0.1) is 0 Å². The van der Waals surface area contributed by atoms with E-state index in [1.54, 1.807) is 0 Å². The molecule has 3 nitrogen and oxygen atoms in total. The number of halogens is 1. The monoisotopic (exact) mass is 254 g/mol. The Hall–Kier alpha value is -0.610. The van der Waals surface area contributed by atoms with E-state index in [1.165, 1.54) is 0 Å². The van der Waals surface area contributed by atoms with E-state index in [4.69, 9.17) is 22.2 Å². The van der Waals surface area contributed by atoms with Crippen molar-refractivity contribution in [2.75, 3.05) is 13.2 Å². The third-order valence-corrected chi connectivity index (χ3v) is 3.60. The maximum absolute atomic E-state index is 6.00. The minimum Gasteiger partial charge on any atom is -0.381 e. The van der Waals surface area contributed by atoms with Crippen molar-refractivity contribution < 1.29 is 4.74 Å². The van der Waals surface area contributed by atoms with Crippen molar-refractivity contribution in [2.24, 2.45) is 11.8 Å². The number of hydrogen-bond donors (Lipinski definition) is 2. The summed E-state index contributed by atoms with van der Waals surface area (Å²) in [6, 6.07) is 8.07. The maximum Gasteiger partial charge on any atom is 0.0468 e. The molecule has 0 aromatic heterocycles. The molecule has 0 bridgehead atoms. The Morgan fingerprint density at radius 2 is 2.18 bits per heavy atom. The lowest BCUT2D eigenvalue weighted by atomic mass is 9.90. The van der Waals surface area contributed by atoms with Crippen molar-refractivity contribution in [3.8, 4) is 0 Å². The number of rotatable bonds is 4. The van der Waals surface area contributed by atoms with E-state index in [0.29, 0.717) is 5.92 Å². The van der Waals surface area contributed by atoms with Crippen LogP contribution in [0.5, 0.6) is 0 Å². The standard InChI is InChI=1S/C13H19ClN2O/c14-12-3-1-2-11(9-12)13(16-15)8-10-4-6-17-7-5-10/h1-3,9-10,13,16H,4-8,15H2. The quantitative estimate of drug-likeness (QED) is 0.642. The van der Waals surface area contributed by atoms with Crippen molar-refractivity contribution in [1.29, 1.82) is 0 Å². The van der Waals surface area contributed by atoms with Crippen LogP contribution in [-0.2, 0) is 4.74 Å². The van der Waals surface area contributed by atoms with Crippen molar-refractivity contribution in [2.45, 2.75) is 25.3 Å². The third kappa shape index (κ3) is 3.68. The number of benzene rings is 1. The first-order valence-corrected chi connectivity index (χ1v) is 6.46. The van der Waals surface area contributed by atoms with Crippen molar-refractivity contribution in [3.05, 3.63) is 34.9 Å². The van der Waals surface area contributed by atoms with E-state index in [0.717, 1.165) is 43.1 Å². The Morgan fingerprint density at radius 1 is 1.41 bits per heavy atom. The topological polar surface area (TPSA) is 47.3 Å². The highest BCUT2D eigenvalue weighted by atomic mass is 35.5. The third-order valence-electron chi connectivity index (χ3n) is 3.36. The van der Waals surface area contributed by atoms with E-state index < -0.39 is 0 Å². The fraction of sp³-hybridized carbons (Fsp3) is 0.538. The predicted molar refractivity (Wildman–Crippen MR) is 69.7 cm³/mol. The van der Waals surface area contributed by atoms with Gasteiger partial charge in [-0.1, -0.05) is 23.7 Å². The number of nitrogens with one attached hydrogen (secondary N) is 1. The van der Waals surface area contributed by atoms with E-state index in [9.17, 15) is 0 Å². The van der Waals surface area contributed by atoms with Crippen LogP contribution in [0.3, 0.4) is 0 Å². The molecule has 1 unspecified atom stereocenters. The van der Waals surface area contributed by atoms with Gasteiger partial charge in [-0.3, -0.25) is 11.3 Å². The summed E-state index contributed by atoms with van der Waals surface area (Å²) in [5, 5.41) is 0.759. The summed E-state index contributed by atoms with van der Waals surface area (Å²) in [6.07, 6.45) is 3.29. The Balaban J connectivity index is 2.00. The zero-order valence-electron chi connectivity index (χ0n) is 9.86. The van der Waals surface area contributed by atoms with Crippen molar-refractivity contribution >= 4 is 11.6 Å². The van der Waals surface area contributed by atoms with Crippen LogP contribution in [0.2, 0.25) is 5.02 Å². The molecule has 3 N–H and O–H groups in total. The minimum atomic E-state index is 0.178. The predicted octanol–water partition coefficient (Wildman–Crippen LogP) is 2.66. The molecular weight excluding hydrogens is 236 g/mol. The molecule has 1 fully saturated rings. The normalized spacial score (nSPS) is 19.2. The van der Waals surface area contributed by atoms with Crippen molar-refractivity contribution in [3.63, 3.8) is 0 Å². The Labute approximate surface area is 107 Å². The number of nitrogens with two attached hydrogens (primary N) is 1. The summed E-state index contributed by atoms with van der Waals surface area (Å²) in [5.41, 5.74) is 4.05. The molecule has 4 heteroatoms. The van der Waals surface area contributed by atoms with Gasteiger partial charge in [-0.15, -0.1) is 0 Å². The smallest absolute Gasteiger partial charge is 0.0468 e. The molecule has 1 heterocycles. The average molecular weight is 255 g/mol.